The first-order valence-electron chi connectivity index (χ1n) is 6.84. The third-order valence-corrected chi connectivity index (χ3v) is 3.13. The third-order valence-electron chi connectivity index (χ3n) is 2.67. The van der Waals surface area contributed by atoms with E-state index in [1.807, 2.05) is 0 Å². The van der Waals surface area contributed by atoms with Crippen molar-refractivity contribution in [1.82, 2.24) is 5.32 Å². The molecule has 0 aromatic heterocycles. The van der Waals surface area contributed by atoms with Gasteiger partial charge in [0, 0.05) is 17.1 Å². The maximum Gasteiger partial charge on any atom is 0.128 e. The Morgan fingerprint density at radius 1 is 1.26 bits per heavy atom. The van der Waals surface area contributed by atoms with Crippen LogP contribution < -0.4 is 10.1 Å². The second-order valence-electron chi connectivity index (χ2n) is 5.19. The van der Waals surface area contributed by atoms with Gasteiger partial charge in [-0.25, -0.2) is 4.39 Å². The zero-order valence-electron chi connectivity index (χ0n) is 11.9. The Bertz CT molecular complexity index is 364. The van der Waals surface area contributed by atoms with E-state index in [-0.39, 0.29) is 11.9 Å². The highest BCUT2D eigenvalue weighted by Gasteiger charge is 2.11. The number of benzene rings is 1. The van der Waals surface area contributed by atoms with Gasteiger partial charge in [-0.3, -0.25) is 0 Å². The van der Waals surface area contributed by atoms with Crippen LogP contribution in [0.4, 0.5) is 4.39 Å². The molecule has 0 aliphatic rings. The number of hydrogen-bond acceptors (Lipinski definition) is 2. The molecule has 108 valence electrons. The van der Waals surface area contributed by atoms with E-state index in [9.17, 15) is 4.39 Å². The molecule has 0 amide bonds. The number of rotatable bonds is 8. The van der Waals surface area contributed by atoms with Gasteiger partial charge < -0.3 is 10.1 Å². The molecule has 1 atom stereocenters. The van der Waals surface area contributed by atoms with Crippen molar-refractivity contribution >= 4 is 15.9 Å². The molecule has 19 heavy (non-hydrogen) atoms. The zero-order valence-corrected chi connectivity index (χ0v) is 13.5. The summed E-state index contributed by atoms with van der Waals surface area (Å²) in [6, 6.07) is 4.66. The van der Waals surface area contributed by atoms with Crippen LogP contribution in [0.3, 0.4) is 0 Å². The lowest BCUT2D eigenvalue weighted by atomic mass is 10.2. The summed E-state index contributed by atoms with van der Waals surface area (Å²) in [6.07, 6.45) is 2.08. The molecule has 1 aromatic rings. The summed E-state index contributed by atoms with van der Waals surface area (Å²) >= 11 is 3.28. The number of halogens is 2. The van der Waals surface area contributed by atoms with Crippen molar-refractivity contribution in [2.24, 2.45) is 5.92 Å². The van der Waals surface area contributed by atoms with Gasteiger partial charge in [0.2, 0.25) is 0 Å². The SMILES string of the molecule is CCCC(CNCC(C)C)Oc1cc(F)cc(Br)c1. The van der Waals surface area contributed by atoms with Crippen molar-refractivity contribution in [3.63, 3.8) is 0 Å². The van der Waals surface area contributed by atoms with Crippen LogP contribution >= 0.6 is 15.9 Å². The molecule has 0 aliphatic heterocycles. The molecular formula is C15H23BrFNO. The quantitative estimate of drug-likeness (QED) is 0.763. The van der Waals surface area contributed by atoms with E-state index < -0.39 is 0 Å². The van der Waals surface area contributed by atoms with Gasteiger partial charge in [0.1, 0.15) is 17.7 Å². The minimum absolute atomic E-state index is 0.0810. The van der Waals surface area contributed by atoms with Crippen molar-refractivity contribution in [3.8, 4) is 5.75 Å². The molecule has 1 N–H and O–H groups in total. The fourth-order valence-electron chi connectivity index (χ4n) is 1.85. The molecule has 0 radical (unpaired) electrons. The van der Waals surface area contributed by atoms with Crippen LogP contribution in [0.15, 0.2) is 22.7 Å². The Hall–Kier alpha value is -0.610. The van der Waals surface area contributed by atoms with Crippen LogP contribution in [0, 0.1) is 11.7 Å². The molecule has 0 spiro atoms. The minimum Gasteiger partial charge on any atom is -0.489 e. The largest absolute Gasteiger partial charge is 0.489 e. The van der Waals surface area contributed by atoms with Crippen molar-refractivity contribution in [2.45, 2.75) is 39.7 Å². The third kappa shape index (κ3) is 6.92. The highest BCUT2D eigenvalue weighted by atomic mass is 79.9. The molecule has 1 unspecified atom stereocenters. The number of hydrogen-bond donors (Lipinski definition) is 1. The molecule has 0 saturated carbocycles. The normalized spacial score (nSPS) is 12.7. The standard InChI is InChI=1S/C15H23BrFNO/c1-4-5-14(10-18-9-11(2)3)19-15-7-12(16)6-13(17)8-15/h6-8,11,14,18H,4-5,9-10H2,1-3H3. The summed E-state index contributed by atoms with van der Waals surface area (Å²) < 4.78 is 19.9. The Morgan fingerprint density at radius 3 is 2.58 bits per heavy atom. The molecule has 0 heterocycles. The zero-order chi connectivity index (χ0) is 14.3. The van der Waals surface area contributed by atoms with Crippen molar-refractivity contribution in [3.05, 3.63) is 28.5 Å². The fraction of sp³-hybridized carbons (Fsp3) is 0.600. The lowest BCUT2D eigenvalue weighted by molar-refractivity contribution is 0.184. The fourth-order valence-corrected chi connectivity index (χ4v) is 2.29. The molecule has 1 rings (SSSR count). The first-order valence-corrected chi connectivity index (χ1v) is 7.64. The highest BCUT2D eigenvalue weighted by molar-refractivity contribution is 9.10. The van der Waals surface area contributed by atoms with Crippen molar-refractivity contribution in [2.75, 3.05) is 13.1 Å². The monoisotopic (exact) mass is 331 g/mol. The van der Waals surface area contributed by atoms with Gasteiger partial charge in [0.25, 0.3) is 0 Å². The van der Waals surface area contributed by atoms with Gasteiger partial charge in [-0.1, -0.05) is 43.1 Å². The first-order chi connectivity index (χ1) is 9.01. The Morgan fingerprint density at radius 2 is 2.00 bits per heavy atom. The lowest BCUT2D eigenvalue weighted by Gasteiger charge is -2.20. The predicted molar refractivity (Wildman–Crippen MR) is 81.1 cm³/mol. The van der Waals surface area contributed by atoms with Crippen LogP contribution in [0.1, 0.15) is 33.6 Å². The second-order valence-corrected chi connectivity index (χ2v) is 6.10. The topological polar surface area (TPSA) is 21.3 Å². The molecule has 0 bridgehead atoms. The van der Waals surface area contributed by atoms with Gasteiger partial charge in [0.05, 0.1) is 0 Å². The molecule has 0 aliphatic carbocycles. The molecule has 0 fully saturated rings. The molecule has 2 nitrogen and oxygen atoms in total. The van der Waals surface area contributed by atoms with Crippen LogP contribution in [0.25, 0.3) is 0 Å². The van der Waals surface area contributed by atoms with E-state index in [0.29, 0.717) is 16.1 Å². The van der Waals surface area contributed by atoms with E-state index in [0.717, 1.165) is 25.9 Å². The molecule has 4 heteroatoms. The van der Waals surface area contributed by atoms with Gasteiger partial charge in [-0.2, -0.15) is 0 Å². The van der Waals surface area contributed by atoms with Crippen LogP contribution in [0.2, 0.25) is 0 Å². The first kappa shape index (κ1) is 16.4. The summed E-state index contributed by atoms with van der Waals surface area (Å²) in [5.74, 6) is 0.914. The van der Waals surface area contributed by atoms with Gasteiger partial charge in [-0.15, -0.1) is 0 Å². The predicted octanol–water partition coefficient (Wildman–Crippen LogP) is 4.38. The highest BCUT2D eigenvalue weighted by Crippen LogP contribution is 2.22. The molecule has 1 aromatic carbocycles. The maximum atomic E-state index is 13.3. The van der Waals surface area contributed by atoms with E-state index in [1.54, 1.807) is 6.07 Å². The van der Waals surface area contributed by atoms with Crippen molar-refractivity contribution < 1.29 is 9.13 Å². The summed E-state index contributed by atoms with van der Waals surface area (Å²) in [7, 11) is 0. The Kier molecular flexibility index (Phi) is 7.39. The van der Waals surface area contributed by atoms with E-state index >= 15 is 0 Å². The average Bonchev–Trinajstić information content (AvgIpc) is 2.27. The van der Waals surface area contributed by atoms with Crippen LogP contribution in [-0.4, -0.2) is 19.2 Å². The van der Waals surface area contributed by atoms with Gasteiger partial charge in [-0.05, 0) is 31.0 Å². The maximum absolute atomic E-state index is 13.3. The average molecular weight is 332 g/mol. The number of nitrogens with one attached hydrogen (secondary N) is 1. The molecule has 0 saturated heterocycles. The van der Waals surface area contributed by atoms with E-state index in [1.165, 1.54) is 12.1 Å². The lowest BCUT2D eigenvalue weighted by Crippen LogP contribution is -2.33. The van der Waals surface area contributed by atoms with E-state index in [4.69, 9.17) is 4.74 Å². The van der Waals surface area contributed by atoms with Gasteiger partial charge >= 0.3 is 0 Å². The smallest absolute Gasteiger partial charge is 0.128 e. The van der Waals surface area contributed by atoms with Crippen molar-refractivity contribution in [1.29, 1.82) is 0 Å². The van der Waals surface area contributed by atoms with Gasteiger partial charge in [0.15, 0.2) is 0 Å². The second kappa shape index (κ2) is 8.54. The van der Waals surface area contributed by atoms with Crippen LogP contribution in [0.5, 0.6) is 5.75 Å². The minimum atomic E-state index is -0.283. The Labute approximate surface area is 123 Å². The summed E-state index contributed by atoms with van der Waals surface area (Å²) in [5, 5.41) is 3.39. The summed E-state index contributed by atoms with van der Waals surface area (Å²) in [6.45, 7) is 8.23. The molecular weight excluding hydrogens is 309 g/mol. The summed E-state index contributed by atoms with van der Waals surface area (Å²) in [5.41, 5.74) is 0. The summed E-state index contributed by atoms with van der Waals surface area (Å²) in [4.78, 5) is 0. The Balaban J connectivity index is 2.56. The van der Waals surface area contributed by atoms with E-state index in [2.05, 4.69) is 42.0 Å². The van der Waals surface area contributed by atoms with Crippen LogP contribution in [-0.2, 0) is 0 Å². The number of ether oxygens (including phenoxy) is 1.